The van der Waals surface area contributed by atoms with Crippen molar-refractivity contribution in [1.29, 1.82) is 0 Å². The summed E-state index contributed by atoms with van der Waals surface area (Å²) in [6, 6.07) is 13.1. The predicted molar refractivity (Wildman–Crippen MR) is 119 cm³/mol. The first-order valence-corrected chi connectivity index (χ1v) is 12.1. The van der Waals surface area contributed by atoms with Gasteiger partial charge in [0.1, 0.15) is 6.10 Å². The molecule has 0 amide bonds. The van der Waals surface area contributed by atoms with Gasteiger partial charge in [0.25, 0.3) is 10.0 Å². The van der Waals surface area contributed by atoms with Crippen molar-refractivity contribution in [3.63, 3.8) is 0 Å². The molecule has 7 nitrogen and oxygen atoms in total. The van der Waals surface area contributed by atoms with Crippen LogP contribution in [0, 0.1) is 13.8 Å². The van der Waals surface area contributed by atoms with Crippen LogP contribution in [0.4, 0.5) is 11.4 Å². The van der Waals surface area contributed by atoms with Gasteiger partial charge in [-0.15, -0.1) is 11.3 Å². The average Bonchev–Trinajstić information content (AvgIpc) is 3.09. The van der Waals surface area contributed by atoms with Gasteiger partial charge >= 0.3 is 0 Å². The molecule has 1 fully saturated rings. The summed E-state index contributed by atoms with van der Waals surface area (Å²) < 4.78 is 34.5. The number of para-hydroxylation sites is 2. The number of pyridine rings is 1. The number of nitrogens with zero attached hydrogens (tertiary/aromatic N) is 3. The normalized spacial score (nSPS) is 15.2. The van der Waals surface area contributed by atoms with Crippen molar-refractivity contribution in [2.75, 3.05) is 22.7 Å². The molecule has 3 heterocycles. The van der Waals surface area contributed by atoms with Gasteiger partial charge < -0.3 is 9.64 Å². The molecule has 0 unspecified atom stereocenters. The van der Waals surface area contributed by atoms with Crippen LogP contribution in [0.1, 0.15) is 22.7 Å². The van der Waals surface area contributed by atoms with Crippen LogP contribution in [0.3, 0.4) is 0 Å². The number of hydrogen-bond donors (Lipinski definition) is 1. The van der Waals surface area contributed by atoms with Crippen molar-refractivity contribution in [2.45, 2.75) is 37.8 Å². The molecular formula is C21H24N4O3S2. The number of anilines is 2. The Kier molecular flexibility index (Phi) is 5.92. The zero-order valence-corrected chi connectivity index (χ0v) is 18.5. The summed E-state index contributed by atoms with van der Waals surface area (Å²) in [4.78, 5) is 11.3. The molecule has 0 spiro atoms. The summed E-state index contributed by atoms with van der Waals surface area (Å²) in [5.41, 5.74) is 1.42. The quantitative estimate of drug-likeness (QED) is 0.619. The highest BCUT2D eigenvalue weighted by Gasteiger charge is 2.26. The van der Waals surface area contributed by atoms with Crippen molar-refractivity contribution >= 4 is 32.7 Å². The number of thiazole rings is 1. The van der Waals surface area contributed by atoms with Crippen LogP contribution >= 0.6 is 11.3 Å². The van der Waals surface area contributed by atoms with Crippen LogP contribution in [0.25, 0.3) is 0 Å². The molecule has 0 atom stereocenters. The largest absolute Gasteiger partial charge is 0.474 e. The highest BCUT2D eigenvalue weighted by atomic mass is 32.2. The fourth-order valence-electron chi connectivity index (χ4n) is 3.59. The molecule has 9 heteroatoms. The van der Waals surface area contributed by atoms with Crippen molar-refractivity contribution in [1.82, 2.24) is 9.97 Å². The number of piperidine rings is 1. The Morgan fingerprint density at radius 2 is 1.83 bits per heavy atom. The highest BCUT2D eigenvalue weighted by Crippen LogP contribution is 2.32. The Balaban J connectivity index is 1.47. The maximum Gasteiger partial charge on any atom is 0.280 e. The lowest BCUT2D eigenvalue weighted by Crippen LogP contribution is -2.38. The van der Waals surface area contributed by atoms with E-state index in [2.05, 4.69) is 19.6 Å². The van der Waals surface area contributed by atoms with E-state index >= 15 is 0 Å². The van der Waals surface area contributed by atoms with E-state index < -0.39 is 10.0 Å². The van der Waals surface area contributed by atoms with E-state index in [4.69, 9.17) is 4.74 Å². The van der Waals surface area contributed by atoms with E-state index in [1.165, 1.54) is 11.3 Å². The molecule has 158 valence electrons. The standard InChI is InChI=1S/C21H24N4O3S2/c1-15-21(23-16(2)29-15)30(26,27)24-18-7-3-4-8-19(18)25-13-10-17(11-14-25)28-20-9-5-6-12-22-20/h3-9,12,17,24H,10-11,13-14H2,1-2H3. The lowest BCUT2D eigenvalue weighted by molar-refractivity contribution is 0.164. The number of benzene rings is 1. The molecule has 1 aliphatic heterocycles. The van der Waals surface area contributed by atoms with Gasteiger partial charge in [-0.2, -0.15) is 8.42 Å². The van der Waals surface area contributed by atoms with Gasteiger partial charge in [-0.3, -0.25) is 4.72 Å². The van der Waals surface area contributed by atoms with E-state index in [0.717, 1.165) is 36.6 Å². The third kappa shape index (κ3) is 4.57. The molecule has 3 aromatic rings. The van der Waals surface area contributed by atoms with Gasteiger partial charge in [0.05, 0.1) is 16.4 Å². The van der Waals surface area contributed by atoms with E-state index in [0.29, 0.717) is 16.4 Å². The zero-order chi connectivity index (χ0) is 21.1. The number of aryl methyl sites for hydroxylation is 2. The molecule has 1 aliphatic rings. The summed E-state index contributed by atoms with van der Waals surface area (Å²) in [5, 5.41) is 0.832. The van der Waals surface area contributed by atoms with E-state index in [1.807, 2.05) is 43.3 Å². The third-order valence-electron chi connectivity index (χ3n) is 4.97. The van der Waals surface area contributed by atoms with Crippen molar-refractivity contribution in [2.24, 2.45) is 0 Å². The molecule has 0 aliphatic carbocycles. The van der Waals surface area contributed by atoms with Crippen LogP contribution in [0.5, 0.6) is 5.88 Å². The lowest BCUT2D eigenvalue weighted by atomic mass is 10.1. The van der Waals surface area contributed by atoms with E-state index in [1.54, 1.807) is 19.2 Å². The first kappa shape index (κ1) is 20.6. The van der Waals surface area contributed by atoms with Gasteiger partial charge in [0, 0.05) is 43.1 Å². The van der Waals surface area contributed by atoms with E-state index in [-0.39, 0.29) is 11.1 Å². The molecule has 2 aromatic heterocycles. The predicted octanol–water partition coefficient (Wildman–Crippen LogP) is 4.00. The minimum Gasteiger partial charge on any atom is -0.474 e. The molecule has 0 radical (unpaired) electrons. The van der Waals surface area contributed by atoms with Crippen molar-refractivity contribution in [3.05, 3.63) is 58.5 Å². The summed E-state index contributed by atoms with van der Waals surface area (Å²) in [6.07, 6.45) is 3.49. The smallest absolute Gasteiger partial charge is 0.280 e. The second kappa shape index (κ2) is 8.61. The Morgan fingerprint density at radius 3 is 2.50 bits per heavy atom. The second-order valence-corrected chi connectivity index (χ2v) is 10.2. The molecular weight excluding hydrogens is 420 g/mol. The van der Waals surface area contributed by atoms with Crippen molar-refractivity contribution < 1.29 is 13.2 Å². The summed E-state index contributed by atoms with van der Waals surface area (Å²) in [5.74, 6) is 0.637. The minimum atomic E-state index is -3.75. The van der Waals surface area contributed by atoms with Crippen LogP contribution in [-0.2, 0) is 10.0 Å². The zero-order valence-electron chi connectivity index (χ0n) is 16.9. The molecule has 1 aromatic carbocycles. The summed E-state index contributed by atoms with van der Waals surface area (Å²) in [6.45, 7) is 5.12. The van der Waals surface area contributed by atoms with Gasteiger partial charge in [0.15, 0.2) is 5.03 Å². The molecule has 1 saturated heterocycles. The number of rotatable bonds is 6. The highest BCUT2D eigenvalue weighted by molar-refractivity contribution is 7.92. The van der Waals surface area contributed by atoms with Crippen molar-refractivity contribution in [3.8, 4) is 5.88 Å². The molecule has 0 bridgehead atoms. The summed E-state index contributed by atoms with van der Waals surface area (Å²) >= 11 is 1.38. The average molecular weight is 445 g/mol. The molecule has 0 saturated carbocycles. The maximum atomic E-state index is 12.9. The van der Waals surface area contributed by atoms with Crippen LogP contribution in [0.15, 0.2) is 53.7 Å². The minimum absolute atomic E-state index is 0.0978. The molecule has 4 rings (SSSR count). The van der Waals surface area contributed by atoms with Crippen LogP contribution in [0.2, 0.25) is 0 Å². The summed E-state index contributed by atoms with van der Waals surface area (Å²) in [7, 11) is -3.75. The van der Waals surface area contributed by atoms with E-state index in [9.17, 15) is 8.42 Å². The van der Waals surface area contributed by atoms with Crippen LogP contribution < -0.4 is 14.4 Å². The first-order chi connectivity index (χ1) is 14.4. The topological polar surface area (TPSA) is 84.4 Å². The fourth-order valence-corrected chi connectivity index (χ4v) is 6.01. The number of nitrogens with one attached hydrogen (secondary N) is 1. The molecule has 30 heavy (non-hydrogen) atoms. The number of aromatic nitrogens is 2. The van der Waals surface area contributed by atoms with Gasteiger partial charge in [0.2, 0.25) is 5.88 Å². The maximum absolute atomic E-state index is 12.9. The number of sulfonamides is 1. The Bertz CT molecular complexity index is 1110. The number of ether oxygens (including phenoxy) is 1. The number of hydrogen-bond acceptors (Lipinski definition) is 7. The van der Waals surface area contributed by atoms with Gasteiger partial charge in [-0.1, -0.05) is 18.2 Å². The van der Waals surface area contributed by atoms with Crippen LogP contribution in [-0.4, -0.2) is 37.6 Å². The second-order valence-electron chi connectivity index (χ2n) is 7.19. The lowest BCUT2D eigenvalue weighted by Gasteiger charge is -2.34. The fraction of sp³-hybridized carbons (Fsp3) is 0.333. The third-order valence-corrected chi connectivity index (χ3v) is 7.38. The Morgan fingerprint density at radius 1 is 1.10 bits per heavy atom. The molecule has 1 N–H and O–H groups in total. The van der Waals surface area contributed by atoms with Gasteiger partial charge in [-0.05, 0) is 32.0 Å². The SMILES string of the molecule is Cc1nc(S(=O)(=O)Nc2ccccc2N2CCC(Oc3ccccn3)CC2)c(C)s1. The Hall–Kier alpha value is -2.65. The monoisotopic (exact) mass is 444 g/mol. The first-order valence-electron chi connectivity index (χ1n) is 9.81. The Labute approximate surface area is 180 Å². The van der Waals surface area contributed by atoms with Gasteiger partial charge in [-0.25, -0.2) is 9.97 Å².